The van der Waals surface area contributed by atoms with Gasteiger partial charge in [0.25, 0.3) is 0 Å². The largest absolute Gasteiger partial charge is 0.331 e. The van der Waals surface area contributed by atoms with E-state index in [1.165, 1.54) is 0 Å². The van der Waals surface area contributed by atoms with Crippen molar-refractivity contribution >= 4 is 12.0 Å². The molecule has 3 nitrogen and oxygen atoms in total. The van der Waals surface area contributed by atoms with E-state index in [0.29, 0.717) is 5.56 Å². The SMILES string of the molecule is N#Cc1cccc(N2C=NCC2)c1. The number of hydrogen-bond acceptors (Lipinski definition) is 3. The van der Waals surface area contributed by atoms with E-state index in [0.717, 1.165) is 18.8 Å². The van der Waals surface area contributed by atoms with Gasteiger partial charge in [-0.1, -0.05) is 6.07 Å². The third-order valence-corrected chi connectivity index (χ3v) is 2.00. The van der Waals surface area contributed by atoms with Crippen molar-refractivity contribution in [3.05, 3.63) is 29.8 Å². The number of benzene rings is 1. The first-order valence-corrected chi connectivity index (χ1v) is 4.17. The number of rotatable bonds is 1. The summed E-state index contributed by atoms with van der Waals surface area (Å²) in [5.74, 6) is 0. The summed E-state index contributed by atoms with van der Waals surface area (Å²) >= 11 is 0. The lowest BCUT2D eigenvalue weighted by Gasteiger charge is -2.13. The normalized spacial score (nSPS) is 14.5. The predicted octanol–water partition coefficient (Wildman–Crippen LogP) is 1.41. The van der Waals surface area contributed by atoms with Crippen molar-refractivity contribution in [2.75, 3.05) is 18.0 Å². The maximum Gasteiger partial charge on any atom is 0.0992 e. The molecule has 0 radical (unpaired) electrons. The monoisotopic (exact) mass is 171 g/mol. The van der Waals surface area contributed by atoms with E-state index in [2.05, 4.69) is 11.1 Å². The molecule has 0 unspecified atom stereocenters. The van der Waals surface area contributed by atoms with Crippen LogP contribution in [0.2, 0.25) is 0 Å². The first kappa shape index (κ1) is 7.81. The van der Waals surface area contributed by atoms with Gasteiger partial charge in [0.15, 0.2) is 0 Å². The molecule has 0 saturated heterocycles. The molecule has 0 N–H and O–H groups in total. The molecule has 0 fully saturated rings. The lowest BCUT2D eigenvalue weighted by Crippen LogP contribution is -2.17. The van der Waals surface area contributed by atoms with Crippen molar-refractivity contribution in [3.63, 3.8) is 0 Å². The zero-order chi connectivity index (χ0) is 9.10. The smallest absolute Gasteiger partial charge is 0.0992 e. The average Bonchev–Trinajstić information content (AvgIpc) is 2.71. The average molecular weight is 171 g/mol. The van der Waals surface area contributed by atoms with Gasteiger partial charge in [-0.3, -0.25) is 4.99 Å². The highest BCUT2D eigenvalue weighted by Gasteiger charge is 2.07. The molecule has 13 heavy (non-hydrogen) atoms. The summed E-state index contributed by atoms with van der Waals surface area (Å²) in [7, 11) is 0. The Morgan fingerprint density at radius 3 is 3.08 bits per heavy atom. The standard InChI is InChI=1S/C10H9N3/c11-7-9-2-1-3-10(6-9)13-5-4-12-8-13/h1-3,6,8H,4-5H2. The van der Waals surface area contributed by atoms with Crippen molar-refractivity contribution in [1.29, 1.82) is 5.26 Å². The third kappa shape index (κ3) is 1.52. The van der Waals surface area contributed by atoms with Crippen LogP contribution in [0, 0.1) is 11.3 Å². The third-order valence-electron chi connectivity index (χ3n) is 2.00. The topological polar surface area (TPSA) is 39.4 Å². The summed E-state index contributed by atoms with van der Waals surface area (Å²) in [4.78, 5) is 6.16. The summed E-state index contributed by atoms with van der Waals surface area (Å²) in [6.07, 6.45) is 1.82. The van der Waals surface area contributed by atoms with Crippen LogP contribution in [-0.4, -0.2) is 19.4 Å². The molecule has 0 atom stereocenters. The second kappa shape index (κ2) is 3.28. The Kier molecular flexibility index (Phi) is 1.97. The van der Waals surface area contributed by atoms with Crippen molar-refractivity contribution in [3.8, 4) is 6.07 Å². The van der Waals surface area contributed by atoms with E-state index in [1.54, 1.807) is 6.07 Å². The minimum atomic E-state index is 0.692. The first-order chi connectivity index (χ1) is 6.40. The Labute approximate surface area is 76.9 Å². The van der Waals surface area contributed by atoms with Gasteiger partial charge in [0.1, 0.15) is 0 Å². The molecule has 0 amide bonds. The minimum Gasteiger partial charge on any atom is -0.331 e. The lowest BCUT2D eigenvalue weighted by molar-refractivity contribution is 1.02. The summed E-state index contributed by atoms with van der Waals surface area (Å²) in [6.45, 7) is 1.76. The Bertz CT molecular complexity index is 376. The zero-order valence-corrected chi connectivity index (χ0v) is 7.14. The van der Waals surface area contributed by atoms with Gasteiger partial charge >= 0.3 is 0 Å². The van der Waals surface area contributed by atoms with Crippen LogP contribution in [0.25, 0.3) is 0 Å². The highest BCUT2D eigenvalue weighted by Crippen LogP contribution is 2.15. The molecule has 1 aromatic rings. The Morgan fingerprint density at radius 2 is 2.38 bits per heavy atom. The number of anilines is 1. The number of nitriles is 1. The van der Waals surface area contributed by atoms with Gasteiger partial charge in [-0.15, -0.1) is 0 Å². The Balaban J connectivity index is 2.30. The Morgan fingerprint density at radius 1 is 1.46 bits per heavy atom. The van der Waals surface area contributed by atoms with E-state index < -0.39 is 0 Å². The van der Waals surface area contributed by atoms with Crippen LogP contribution in [0.5, 0.6) is 0 Å². The fraction of sp³-hybridized carbons (Fsp3) is 0.200. The molecule has 64 valence electrons. The van der Waals surface area contributed by atoms with Gasteiger partial charge < -0.3 is 4.90 Å². The second-order valence-electron chi connectivity index (χ2n) is 2.88. The molecule has 2 rings (SSSR count). The van der Waals surface area contributed by atoms with Crippen LogP contribution in [0.3, 0.4) is 0 Å². The van der Waals surface area contributed by atoms with Crippen LogP contribution in [-0.2, 0) is 0 Å². The van der Waals surface area contributed by atoms with Gasteiger partial charge in [-0.05, 0) is 18.2 Å². The number of hydrogen-bond donors (Lipinski definition) is 0. The van der Waals surface area contributed by atoms with E-state index in [1.807, 2.05) is 29.4 Å². The minimum absolute atomic E-state index is 0.692. The van der Waals surface area contributed by atoms with Crippen molar-refractivity contribution in [2.45, 2.75) is 0 Å². The van der Waals surface area contributed by atoms with Crippen LogP contribution >= 0.6 is 0 Å². The van der Waals surface area contributed by atoms with Crippen LogP contribution in [0.4, 0.5) is 5.69 Å². The van der Waals surface area contributed by atoms with Crippen LogP contribution in [0.1, 0.15) is 5.56 Å². The van der Waals surface area contributed by atoms with Gasteiger partial charge in [-0.25, -0.2) is 0 Å². The fourth-order valence-corrected chi connectivity index (χ4v) is 1.33. The summed E-state index contributed by atoms with van der Waals surface area (Å²) < 4.78 is 0. The lowest BCUT2D eigenvalue weighted by atomic mass is 10.2. The molecule has 0 spiro atoms. The summed E-state index contributed by atoms with van der Waals surface area (Å²) in [6, 6.07) is 9.67. The highest BCUT2D eigenvalue weighted by atomic mass is 15.2. The van der Waals surface area contributed by atoms with Crippen LogP contribution < -0.4 is 4.90 Å². The van der Waals surface area contributed by atoms with Gasteiger partial charge in [0, 0.05) is 12.2 Å². The molecule has 0 aliphatic carbocycles. The molecule has 0 saturated carbocycles. The second-order valence-corrected chi connectivity index (χ2v) is 2.88. The van der Waals surface area contributed by atoms with Crippen molar-refractivity contribution < 1.29 is 0 Å². The van der Waals surface area contributed by atoms with E-state index in [-0.39, 0.29) is 0 Å². The maximum atomic E-state index is 8.70. The molecule has 1 aromatic carbocycles. The molecular formula is C10H9N3. The van der Waals surface area contributed by atoms with Crippen molar-refractivity contribution in [1.82, 2.24) is 0 Å². The zero-order valence-electron chi connectivity index (χ0n) is 7.14. The Hall–Kier alpha value is -1.82. The summed E-state index contributed by atoms with van der Waals surface area (Å²) in [5, 5.41) is 8.70. The van der Waals surface area contributed by atoms with Gasteiger partial charge in [-0.2, -0.15) is 5.26 Å². The van der Waals surface area contributed by atoms with Gasteiger partial charge in [0.05, 0.1) is 24.5 Å². The van der Waals surface area contributed by atoms with E-state index >= 15 is 0 Å². The number of aliphatic imine (C=N–C) groups is 1. The first-order valence-electron chi connectivity index (χ1n) is 4.17. The van der Waals surface area contributed by atoms with Crippen molar-refractivity contribution in [2.24, 2.45) is 4.99 Å². The predicted molar refractivity (Wildman–Crippen MR) is 51.9 cm³/mol. The molecule has 3 heteroatoms. The van der Waals surface area contributed by atoms with E-state index in [9.17, 15) is 0 Å². The molecular weight excluding hydrogens is 162 g/mol. The van der Waals surface area contributed by atoms with Crippen LogP contribution in [0.15, 0.2) is 29.3 Å². The molecule has 1 aliphatic heterocycles. The molecule has 1 aliphatic rings. The molecule has 0 aromatic heterocycles. The quantitative estimate of drug-likeness (QED) is 0.640. The van der Waals surface area contributed by atoms with E-state index in [4.69, 9.17) is 5.26 Å². The molecule has 0 bridgehead atoms. The number of nitrogens with zero attached hydrogens (tertiary/aromatic N) is 3. The van der Waals surface area contributed by atoms with Gasteiger partial charge in [0.2, 0.25) is 0 Å². The summed E-state index contributed by atoms with van der Waals surface area (Å²) in [5.41, 5.74) is 1.73. The molecule has 1 heterocycles. The fourth-order valence-electron chi connectivity index (χ4n) is 1.33. The highest BCUT2D eigenvalue weighted by molar-refractivity contribution is 5.81. The maximum absolute atomic E-state index is 8.70.